The zero-order chi connectivity index (χ0) is 21.1. The SMILES string of the molecule is CCNC(=NCc1ccc(CS(=O)(=O)NC(C)C)cc1)NCCN1CCCCC1. The number of benzene rings is 1. The first-order chi connectivity index (χ1) is 13.9. The van der Waals surface area contributed by atoms with Gasteiger partial charge in [0.15, 0.2) is 5.96 Å². The summed E-state index contributed by atoms with van der Waals surface area (Å²) < 4.78 is 26.7. The molecule has 7 nitrogen and oxygen atoms in total. The fraction of sp³-hybridized carbons (Fsp3) is 0.667. The van der Waals surface area contributed by atoms with Crippen LogP contribution in [0, 0.1) is 0 Å². The molecule has 0 amide bonds. The third-order valence-electron chi connectivity index (χ3n) is 4.73. The molecule has 0 radical (unpaired) electrons. The second-order valence-corrected chi connectivity index (χ2v) is 9.63. The molecule has 1 aliphatic heterocycles. The van der Waals surface area contributed by atoms with E-state index in [0.717, 1.165) is 36.7 Å². The van der Waals surface area contributed by atoms with E-state index >= 15 is 0 Å². The summed E-state index contributed by atoms with van der Waals surface area (Å²) in [6.07, 6.45) is 3.96. The molecule has 0 aromatic heterocycles. The summed E-state index contributed by atoms with van der Waals surface area (Å²) in [5, 5.41) is 6.69. The van der Waals surface area contributed by atoms with E-state index < -0.39 is 10.0 Å². The molecule has 1 heterocycles. The molecule has 0 saturated carbocycles. The minimum absolute atomic E-state index is 0.00454. The van der Waals surface area contributed by atoms with Crippen molar-refractivity contribution in [1.82, 2.24) is 20.3 Å². The molecule has 1 aliphatic rings. The highest BCUT2D eigenvalue weighted by Gasteiger charge is 2.13. The van der Waals surface area contributed by atoms with E-state index in [1.807, 2.05) is 38.1 Å². The van der Waals surface area contributed by atoms with Gasteiger partial charge in [-0.2, -0.15) is 0 Å². The molecule has 29 heavy (non-hydrogen) atoms. The van der Waals surface area contributed by atoms with Gasteiger partial charge in [-0.05, 0) is 57.8 Å². The molecule has 0 unspecified atom stereocenters. The molecule has 1 fully saturated rings. The molecular weight excluding hydrogens is 386 g/mol. The molecular formula is C21H37N5O2S. The fourth-order valence-electron chi connectivity index (χ4n) is 3.39. The van der Waals surface area contributed by atoms with E-state index in [-0.39, 0.29) is 11.8 Å². The number of likely N-dealkylation sites (tertiary alicyclic amines) is 1. The van der Waals surface area contributed by atoms with Crippen LogP contribution in [0.3, 0.4) is 0 Å². The molecule has 1 saturated heterocycles. The normalized spacial score (nSPS) is 16.2. The number of piperidine rings is 1. The topological polar surface area (TPSA) is 85.8 Å². The second kappa shape index (κ2) is 12.1. The predicted molar refractivity (Wildman–Crippen MR) is 120 cm³/mol. The Morgan fingerprint density at radius 3 is 2.34 bits per heavy atom. The number of aliphatic imine (C=N–C) groups is 1. The summed E-state index contributed by atoms with van der Waals surface area (Å²) in [5.74, 6) is 0.812. The third kappa shape index (κ3) is 9.60. The molecule has 1 aromatic rings. The second-order valence-electron chi connectivity index (χ2n) is 7.87. The van der Waals surface area contributed by atoms with Crippen molar-refractivity contribution < 1.29 is 8.42 Å². The number of hydrogen-bond donors (Lipinski definition) is 3. The smallest absolute Gasteiger partial charge is 0.216 e. The maximum absolute atomic E-state index is 12.0. The average Bonchev–Trinajstić information content (AvgIpc) is 2.67. The number of hydrogen-bond acceptors (Lipinski definition) is 4. The molecule has 8 heteroatoms. The van der Waals surface area contributed by atoms with Crippen molar-refractivity contribution >= 4 is 16.0 Å². The van der Waals surface area contributed by atoms with Crippen molar-refractivity contribution in [3.05, 3.63) is 35.4 Å². The van der Waals surface area contributed by atoms with Crippen LogP contribution in [0.2, 0.25) is 0 Å². The first-order valence-corrected chi connectivity index (χ1v) is 12.4. The number of nitrogens with one attached hydrogen (secondary N) is 3. The fourth-order valence-corrected chi connectivity index (χ4v) is 4.82. The number of rotatable bonds is 10. The van der Waals surface area contributed by atoms with Gasteiger partial charge >= 0.3 is 0 Å². The zero-order valence-corrected chi connectivity index (χ0v) is 18.9. The van der Waals surface area contributed by atoms with E-state index in [0.29, 0.717) is 6.54 Å². The Balaban J connectivity index is 1.84. The van der Waals surface area contributed by atoms with Crippen LogP contribution in [-0.2, 0) is 22.3 Å². The Hall–Kier alpha value is -1.64. The maximum Gasteiger partial charge on any atom is 0.216 e. The lowest BCUT2D eigenvalue weighted by atomic mass is 10.1. The number of guanidine groups is 1. The molecule has 0 aliphatic carbocycles. The Labute approximate surface area is 176 Å². The molecule has 0 spiro atoms. The quantitative estimate of drug-likeness (QED) is 0.396. The van der Waals surface area contributed by atoms with E-state index in [2.05, 4.69) is 32.2 Å². The summed E-state index contributed by atoms with van der Waals surface area (Å²) in [5.41, 5.74) is 1.83. The van der Waals surface area contributed by atoms with Crippen LogP contribution in [-0.4, -0.2) is 58.0 Å². The molecule has 0 bridgehead atoms. The summed E-state index contributed by atoms with van der Waals surface area (Å²) >= 11 is 0. The highest BCUT2D eigenvalue weighted by atomic mass is 32.2. The van der Waals surface area contributed by atoms with Crippen molar-refractivity contribution in [3.63, 3.8) is 0 Å². The number of nitrogens with zero attached hydrogens (tertiary/aromatic N) is 2. The standard InChI is InChI=1S/C21H37N5O2S/c1-4-22-21(23-12-15-26-13-6-5-7-14-26)24-16-19-8-10-20(11-9-19)17-29(27,28)25-18(2)3/h8-11,18,25H,4-7,12-17H2,1-3H3,(H2,22,23,24). The van der Waals surface area contributed by atoms with Gasteiger partial charge in [-0.15, -0.1) is 0 Å². The van der Waals surface area contributed by atoms with Gasteiger partial charge in [-0.3, -0.25) is 0 Å². The van der Waals surface area contributed by atoms with E-state index in [1.54, 1.807) is 0 Å². The first-order valence-electron chi connectivity index (χ1n) is 10.7. The highest BCUT2D eigenvalue weighted by Crippen LogP contribution is 2.10. The van der Waals surface area contributed by atoms with Crippen LogP contribution in [0.15, 0.2) is 29.3 Å². The highest BCUT2D eigenvalue weighted by molar-refractivity contribution is 7.88. The van der Waals surface area contributed by atoms with Gasteiger partial charge in [0.2, 0.25) is 10.0 Å². The Bertz CT molecular complexity index is 726. The van der Waals surface area contributed by atoms with Crippen molar-refractivity contribution in [3.8, 4) is 0 Å². The first kappa shape index (κ1) is 23.6. The summed E-state index contributed by atoms with van der Waals surface area (Å²) in [6.45, 7) is 11.4. The van der Waals surface area contributed by atoms with Crippen molar-refractivity contribution in [2.24, 2.45) is 4.99 Å². The summed E-state index contributed by atoms with van der Waals surface area (Å²) in [4.78, 5) is 7.16. The minimum atomic E-state index is -3.30. The van der Waals surface area contributed by atoms with E-state index in [4.69, 9.17) is 0 Å². The van der Waals surface area contributed by atoms with Gasteiger partial charge in [0.05, 0.1) is 12.3 Å². The van der Waals surface area contributed by atoms with Gasteiger partial charge in [0, 0.05) is 25.7 Å². The molecule has 1 aromatic carbocycles. The Morgan fingerprint density at radius 1 is 1.07 bits per heavy atom. The average molecular weight is 424 g/mol. The van der Waals surface area contributed by atoms with Crippen LogP contribution < -0.4 is 15.4 Å². The summed E-state index contributed by atoms with van der Waals surface area (Å²) in [6, 6.07) is 7.52. The monoisotopic (exact) mass is 423 g/mol. The minimum Gasteiger partial charge on any atom is -0.357 e. The van der Waals surface area contributed by atoms with Crippen molar-refractivity contribution in [1.29, 1.82) is 0 Å². The lowest BCUT2D eigenvalue weighted by Gasteiger charge is -2.26. The summed E-state index contributed by atoms with van der Waals surface area (Å²) in [7, 11) is -3.30. The Morgan fingerprint density at radius 2 is 1.72 bits per heavy atom. The lowest BCUT2D eigenvalue weighted by Crippen LogP contribution is -2.42. The molecule has 3 N–H and O–H groups in total. The lowest BCUT2D eigenvalue weighted by molar-refractivity contribution is 0.232. The molecule has 164 valence electrons. The van der Waals surface area contributed by atoms with Crippen LogP contribution in [0.5, 0.6) is 0 Å². The van der Waals surface area contributed by atoms with E-state index in [9.17, 15) is 8.42 Å². The van der Waals surface area contributed by atoms with Crippen molar-refractivity contribution in [2.45, 2.75) is 58.4 Å². The zero-order valence-electron chi connectivity index (χ0n) is 18.1. The van der Waals surface area contributed by atoms with Gasteiger partial charge in [-0.1, -0.05) is 30.7 Å². The number of sulfonamides is 1. The van der Waals surface area contributed by atoms with E-state index in [1.165, 1.54) is 32.4 Å². The van der Waals surface area contributed by atoms with Crippen LogP contribution in [0.1, 0.15) is 51.2 Å². The van der Waals surface area contributed by atoms with Gasteiger partial charge in [0.25, 0.3) is 0 Å². The molecule has 2 rings (SSSR count). The van der Waals surface area contributed by atoms with Gasteiger partial charge in [0.1, 0.15) is 0 Å². The van der Waals surface area contributed by atoms with Gasteiger partial charge in [-0.25, -0.2) is 18.1 Å². The maximum atomic E-state index is 12.0. The van der Waals surface area contributed by atoms with Crippen LogP contribution in [0.25, 0.3) is 0 Å². The predicted octanol–water partition coefficient (Wildman–Crippen LogP) is 2.06. The largest absolute Gasteiger partial charge is 0.357 e. The molecule has 0 atom stereocenters. The van der Waals surface area contributed by atoms with Crippen LogP contribution in [0.4, 0.5) is 0 Å². The van der Waals surface area contributed by atoms with Gasteiger partial charge < -0.3 is 15.5 Å². The van der Waals surface area contributed by atoms with Crippen LogP contribution >= 0.6 is 0 Å². The third-order valence-corrected chi connectivity index (χ3v) is 6.27. The Kier molecular flexibility index (Phi) is 9.90. The van der Waals surface area contributed by atoms with Crippen molar-refractivity contribution in [2.75, 3.05) is 32.7 Å².